The first kappa shape index (κ1) is 21.8. The van der Waals surface area contributed by atoms with Gasteiger partial charge < -0.3 is 15.0 Å². The van der Waals surface area contributed by atoms with Gasteiger partial charge >= 0.3 is 0 Å². The molecule has 0 atom stereocenters. The lowest BCUT2D eigenvalue weighted by Crippen LogP contribution is -2.51. The van der Waals surface area contributed by atoms with Crippen molar-refractivity contribution in [3.8, 4) is 0 Å². The number of halogens is 2. The molecule has 6 heteroatoms. The molecule has 1 aromatic rings. The van der Waals surface area contributed by atoms with Crippen molar-refractivity contribution < 1.29 is 4.74 Å². The molecule has 0 radical (unpaired) electrons. The lowest BCUT2D eigenvalue weighted by atomic mass is 9.74. The van der Waals surface area contributed by atoms with Crippen molar-refractivity contribution in [2.24, 2.45) is 10.9 Å². The molecule has 2 aliphatic heterocycles. The van der Waals surface area contributed by atoms with Gasteiger partial charge in [0.05, 0.1) is 0 Å². The monoisotopic (exact) mass is 491 g/mol. The van der Waals surface area contributed by atoms with Crippen LogP contribution in [0.1, 0.15) is 38.2 Å². The quantitative estimate of drug-likeness (QED) is 0.389. The topological polar surface area (TPSA) is 36.9 Å². The molecule has 0 amide bonds. The summed E-state index contributed by atoms with van der Waals surface area (Å²) in [6, 6.07) is 8.30. The molecule has 1 N–H and O–H groups in total. The Bertz CT molecular complexity index is 596. The number of ether oxygens (including phenoxy) is 1. The van der Waals surface area contributed by atoms with Crippen molar-refractivity contribution in [2.75, 3.05) is 39.9 Å². The number of rotatable bonds is 3. The van der Waals surface area contributed by atoms with Crippen molar-refractivity contribution in [1.29, 1.82) is 0 Å². The van der Waals surface area contributed by atoms with Crippen LogP contribution in [0, 0.1) is 5.92 Å². The van der Waals surface area contributed by atoms with E-state index in [0.717, 1.165) is 62.6 Å². The van der Waals surface area contributed by atoms with Crippen molar-refractivity contribution >= 4 is 41.5 Å². The van der Waals surface area contributed by atoms with Crippen LogP contribution in [-0.4, -0.2) is 50.8 Å². The smallest absolute Gasteiger partial charge is 0.193 e. The maximum absolute atomic E-state index is 6.27. The normalized spacial score (nSPS) is 21.2. The number of nitrogens with one attached hydrogen (secondary N) is 1. The third-order valence-electron chi connectivity index (χ3n) is 5.77. The third-order valence-corrected chi connectivity index (χ3v) is 6.00. The minimum atomic E-state index is 0. The summed E-state index contributed by atoms with van der Waals surface area (Å²) in [7, 11) is 1.89. The van der Waals surface area contributed by atoms with Gasteiger partial charge in [-0.2, -0.15) is 0 Å². The molecular formula is C20H31ClIN3O. The third kappa shape index (κ3) is 5.26. The fourth-order valence-corrected chi connectivity index (χ4v) is 4.14. The second-order valence-corrected chi connectivity index (χ2v) is 7.91. The van der Waals surface area contributed by atoms with Crippen LogP contribution in [0.4, 0.5) is 0 Å². The number of guanidine groups is 1. The van der Waals surface area contributed by atoms with Gasteiger partial charge in [-0.25, -0.2) is 0 Å². The van der Waals surface area contributed by atoms with E-state index in [0.29, 0.717) is 0 Å². The van der Waals surface area contributed by atoms with E-state index in [1.165, 1.54) is 18.4 Å². The fourth-order valence-electron chi connectivity index (χ4n) is 3.95. The molecule has 0 aromatic heterocycles. The molecule has 2 heterocycles. The highest BCUT2D eigenvalue weighted by molar-refractivity contribution is 14.0. The second-order valence-electron chi connectivity index (χ2n) is 7.47. The molecule has 0 bridgehead atoms. The van der Waals surface area contributed by atoms with Gasteiger partial charge in [-0.05, 0) is 49.3 Å². The maximum atomic E-state index is 6.27. The number of piperidine rings is 1. The Balaban J connectivity index is 0.00000243. The molecule has 0 spiro atoms. The summed E-state index contributed by atoms with van der Waals surface area (Å²) in [6.45, 7) is 6.99. The largest absolute Gasteiger partial charge is 0.381 e. The molecule has 146 valence electrons. The van der Waals surface area contributed by atoms with Crippen LogP contribution in [0.5, 0.6) is 0 Å². The van der Waals surface area contributed by atoms with E-state index >= 15 is 0 Å². The summed E-state index contributed by atoms with van der Waals surface area (Å²) < 4.78 is 5.64. The van der Waals surface area contributed by atoms with Crippen molar-refractivity contribution in [3.63, 3.8) is 0 Å². The van der Waals surface area contributed by atoms with Crippen LogP contribution in [0.15, 0.2) is 29.3 Å². The molecule has 26 heavy (non-hydrogen) atoms. The average molecular weight is 492 g/mol. The van der Waals surface area contributed by atoms with E-state index < -0.39 is 0 Å². The van der Waals surface area contributed by atoms with Gasteiger partial charge in [0.25, 0.3) is 0 Å². The average Bonchev–Trinajstić information content (AvgIpc) is 2.64. The van der Waals surface area contributed by atoms with Crippen molar-refractivity contribution in [2.45, 2.75) is 38.0 Å². The van der Waals surface area contributed by atoms with Crippen LogP contribution in [0.3, 0.4) is 0 Å². The van der Waals surface area contributed by atoms with Crippen LogP contribution in [0.25, 0.3) is 0 Å². The zero-order chi connectivity index (χ0) is 17.7. The molecule has 0 unspecified atom stereocenters. The zero-order valence-electron chi connectivity index (χ0n) is 15.8. The summed E-state index contributed by atoms with van der Waals surface area (Å²) in [6.07, 6.45) is 4.50. The number of aliphatic imine (C=N–C) groups is 1. The number of hydrogen-bond acceptors (Lipinski definition) is 2. The van der Waals surface area contributed by atoms with Crippen LogP contribution in [-0.2, 0) is 10.2 Å². The van der Waals surface area contributed by atoms with Gasteiger partial charge in [0.15, 0.2) is 5.96 Å². The van der Waals surface area contributed by atoms with E-state index in [-0.39, 0.29) is 29.4 Å². The Morgan fingerprint density at radius 1 is 1.31 bits per heavy atom. The lowest BCUT2D eigenvalue weighted by molar-refractivity contribution is 0.0511. The Hall–Kier alpha value is -0.530. The van der Waals surface area contributed by atoms with Crippen LogP contribution >= 0.6 is 35.6 Å². The molecule has 0 saturated carbocycles. The molecule has 4 nitrogen and oxygen atoms in total. The lowest BCUT2D eigenvalue weighted by Gasteiger charge is -2.40. The zero-order valence-corrected chi connectivity index (χ0v) is 18.9. The number of nitrogens with zero attached hydrogens (tertiary/aromatic N) is 2. The van der Waals surface area contributed by atoms with Gasteiger partial charge in [0.2, 0.25) is 0 Å². The predicted octanol–water partition coefficient (Wildman–Crippen LogP) is 4.31. The van der Waals surface area contributed by atoms with E-state index in [4.69, 9.17) is 16.3 Å². The highest BCUT2D eigenvalue weighted by atomic mass is 127. The Morgan fingerprint density at radius 3 is 2.62 bits per heavy atom. The van der Waals surface area contributed by atoms with Gasteiger partial charge in [-0.3, -0.25) is 4.99 Å². The van der Waals surface area contributed by atoms with E-state index in [9.17, 15) is 0 Å². The highest BCUT2D eigenvalue weighted by Gasteiger charge is 2.35. The van der Waals surface area contributed by atoms with Gasteiger partial charge in [-0.1, -0.05) is 30.7 Å². The summed E-state index contributed by atoms with van der Waals surface area (Å²) in [5.74, 6) is 1.85. The van der Waals surface area contributed by atoms with Crippen molar-refractivity contribution in [3.05, 3.63) is 34.9 Å². The maximum Gasteiger partial charge on any atom is 0.193 e. The molecule has 0 aliphatic carbocycles. The minimum Gasteiger partial charge on any atom is -0.381 e. The Labute approximate surface area is 179 Å². The second kappa shape index (κ2) is 10.1. The molecule has 2 saturated heterocycles. The fraction of sp³-hybridized carbons (Fsp3) is 0.650. The van der Waals surface area contributed by atoms with Crippen molar-refractivity contribution in [1.82, 2.24) is 10.2 Å². The van der Waals surface area contributed by atoms with E-state index in [1.807, 2.05) is 13.1 Å². The summed E-state index contributed by atoms with van der Waals surface area (Å²) in [5, 5.41) is 4.46. The van der Waals surface area contributed by atoms with Crippen LogP contribution < -0.4 is 5.32 Å². The standard InChI is InChI=1S/C20H30ClN3O.HI/c1-16-6-10-24(11-7-16)19(22-2)23-15-20(8-12-25-13-9-20)17-4-3-5-18(21)14-17;/h3-5,14,16H,6-13,15H2,1-2H3,(H,22,23);1H. The first-order chi connectivity index (χ1) is 12.1. The summed E-state index contributed by atoms with van der Waals surface area (Å²) in [5.41, 5.74) is 1.36. The molecule has 1 aromatic carbocycles. The molecule has 2 aliphatic rings. The molecule has 2 fully saturated rings. The first-order valence-electron chi connectivity index (χ1n) is 9.42. The first-order valence-corrected chi connectivity index (χ1v) is 9.80. The van der Waals surface area contributed by atoms with E-state index in [2.05, 4.69) is 40.3 Å². The SMILES string of the molecule is CN=C(NCC1(c2cccc(Cl)c2)CCOCC1)N1CCC(C)CC1.I. The molecular weight excluding hydrogens is 461 g/mol. The van der Waals surface area contributed by atoms with Crippen LogP contribution in [0.2, 0.25) is 5.02 Å². The van der Waals surface area contributed by atoms with Gasteiger partial charge in [0.1, 0.15) is 0 Å². The Morgan fingerprint density at radius 2 is 2.00 bits per heavy atom. The summed E-state index contributed by atoms with van der Waals surface area (Å²) in [4.78, 5) is 6.93. The van der Waals surface area contributed by atoms with E-state index in [1.54, 1.807) is 0 Å². The Kier molecular flexibility index (Phi) is 8.48. The molecule has 3 rings (SSSR count). The van der Waals surface area contributed by atoms with Gasteiger partial charge in [0, 0.05) is 50.3 Å². The predicted molar refractivity (Wildman–Crippen MR) is 120 cm³/mol. The number of likely N-dealkylation sites (tertiary alicyclic amines) is 1. The van der Waals surface area contributed by atoms with Gasteiger partial charge in [-0.15, -0.1) is 24.0 Å². The minimum absolute atomic E-state index is 0. The number of hydrogen-bond donors (Lipinski definition) is 1. The number of benzene rings is 1. The highest BCUT2D eigenvalue weighted by Crippen LogP contribution is 2.35. The summed E-state index contributed by atoms with van der Waals surface area (Å²) >= 11 is 6.27.